The van der Waals surface area contributed by atoms with Gasteiger partial charge in [0.2, 0.25) is 10.0 Å². The number of hydrogen-bond donors (Lipinski definition) is 1. The van der Waals surface area contributed by atoms with Gasteiger partial charge in [-0.1, -0.05) is 6.07 Å². The second-order valence-electron chi connectivity index (χ2n) is 6.71. The molecular formula is C20H21FN4O3S. The molecule has 0 unspecified atom stereocenters. The zero-order chi connectivity index (χ0) is 21.2. The van der Waals surface area contributed by atoms with E-state index in [-0.39, 0.29) is 17.1 Å². The van der Waals surface area contributed by atoms with E-state index in [9.17, 15) is 17.6 Å². The average Bonchev–Trinajstić information content (AvgIpc) is 3.07. The second kappa shape index (κ2) is 8.14. The Morgan fingerprint density at radius 1 is 1.28 bits per heavy atom. The summed E-state index contributed by atoms with van der Waals surface area (Å²) in [6.45, 7) is 1.83. The van der Waals surface area contributed by atoms with Crippen LogP contribution in [0.1, 0.15) is 21.6 Å². The quantitative estimate of drug-likeness (QED) is 0.670. The Bertz CT molecular complexity index is 1140. The van der Waals surface area contributed by atoms with Crippen molar-refractivity contribution in [3.8, 4) is 0 Å². The van der Waals surface area contributed by atoms with Gasteiger partial charge in [-0.2, -0.15) is 4.31 Å². The summed E-state index contributed by atoms with van der Waals surface area (Å²) >= 11 is 0. The number of carbonyl (C=O) groups is 1. The number of rotatable bonds is 6. The van der Waals surface area contributed by atoms with E-state index in [1.165, 1.54) is 46.4 Å². The number of carbonyl (C=O) groups excluding carboxylic acids is 1. The lowest BCUT2D eigenvalue weighted by molar-refractivity contribution is 0.101. The maximum absolute atomic E-state index is 13.2. The van der Waals surface area contributed by atoms with Crippen LogP contribution in [0, 0.1) is 12.7 Å². The number of nitrogens with zero attached hydrogens (tertiary/aromatic N) is 3. The molecule has 0 aliphatic carbocycles. The molecule has 29 heavy (non-hydrogen) atoms. The van der Waals surface area contributed by atoms with Crippen molar-refractivity contribution in [3.63, 3.8) is 0 Å². The summed E-state index contributed by atoms with van der Waals surface area (Å²) in [6, 6.07) is 8.86. The maximum atomic E-state index is 13.2. The van der Waals surface area contributed by atoms with Gasteiger partial charge in [-0.15, -0.1) is 0 Å². The molecule has 7 nitrogen and oxygen atoms in total. The Morgan fingerprint density at radius 2 is 2.03 bits per heavy atom. The Morgan fingerprint density at radius 3 is 2.69 bits per heavy atom. The number of amides is 1. The van der Waals surface area contributed by atoms with Crippen LogP contribution in [0.25, 0.3) is 0 Å². The van der Waals surface area contributed by atoms with E-state index in [1.807, 2.05) is 0 Å². The molecule has 2 aromatic heterocycles. The predicted octanol–water partition coefficient (Wildman–Crippen LogP) is 2.94. The highest BCUT2D eigenvalue weighted by Gasteiger charge is 2.25. The molecule has 0 atom stereocenters. The highest BCUT2D eigenvalue weighted by atomic mass is 32.2. The molecule has 152 valence electrons. The van der Waals surface area contributed by atoms with Gasteiger partial charge < -0.3 is 9.88 Å². The van der Waals surface area contributed by atoms with Gasteiger partial charge >= 0.3 is 0 Å². The number of aromatic nitrogens is 2. The molecule has 0 radical (unpaired) electrons. The van der Waals surface area contributed by atoms with E-state index >= 15 is 0 Å². The summed E-state index contributed by atoms with van der Waals surface area (Å²) in [4.78, 5) is 16.6. The van der Waals surface area contributed by atoms with Crippen molar-refractivity contribution in [1.82, 2.24) is 13.9 Å². The van der Waals surface area contributed by atoms with Gasteiger partial charge in [-0.05, 0) is 48.4 Å². The monoisotopic (exact) mass is 416 g/mol. The van der Waals surface area contributed by atoms with Crippen molar-refractivity contribution in [2.75, 3.05) is 12.4 Å². The number of halogens is 1. The minimum atomic E-state index is -3.80. The first kappa shape index (κ1) is 20.7. The number of pyridine rings is 1. The predicted molar refractivity (Wildman–Crippen MR) is 107 cm³/mol. The zero-order valence-corrected chi connectivity index (χ0v) is 17.1. The Balaban J connectivity index is 1.82. The lowest BCUT2D eigenvalue weighted by atomic mass is 10.2. The lowest BCUT2D eigenvalue weighted by Crippen LogP contribution is -2.26. The van der Waals surface area contributed by atoms with Crippen LogP contribution in [-0.2, 0) is 23.6 Å². The molecule has 0 saturated carbocycles. The third-order valence-electron chi connectivity index (χ3n) is 4.49. The fourth-order valence-corrected chi connectivity index (χ4v) is 4.10. The minimum Gasteiger partial charge on any atom is -0.345 e. The molecule has 9 heteroatoms. The summed E-state index contributed by atoms with van der Waals surface area (Å²) in [5, 5.41) is 2.69. The fourth-order valence-electron chi connectivity index (χ4n) is 2.87. The van der Waals surface area contributed by atoms with Crippen molar-refractivity contribution in [1.29, 1.82) is 0 Å². The van der Waals surface area contributed by atoms with Crippen LogP contribution in [0.15, 0.2) is 59.9 Å². The van der Waals surface area contributed by atoms with Crippen LogP contribution in [0.5, 0.6) is 0 Å². The zero-order valence-electron chi connectivity index (χ0n) is 16.3. The van der Waals surface area contributed by atoms with Crippen molar-refractivity contribution in [2.24, 2.45) is 7.05 Å². The number of hydrogen-bond acceptors (Lipinski definition) is 4. The van der Waals surface area contributed by atoms with Gasteiger partial charge in [0.1, 0.15) is 16.4 Å². The van der Waals surface area contributed by atoms with E-state index in [2.05, 4.69) is 10.3 Å². The summed E-state index contributed by atoms with van der Waals surface area (Å²) in [6.07, 6.45) is 4.60. The molecular weight excluding hydrogens is 395 g/mol. The molecule has 1 N–H and O–H groups in total. The van der Waals surface area contributed by atoms with Gasteiger partial charge in [0, 0.05) is 44.9 Å². The highest BCUT2D eigenvalue weighted by Crippen LogP contribution is 2.21. The summed E-state index contributed by atoms with van der Waals surface area (Å²) in [5.74, 6) is -0.886. The molecule has 1 amide bonds. The van der Waals surface area contributed by atoms with E-state index in [1.54, 1.807) is 38.5 Å². The van der Waals surface area contributed by atoms with Crippen LogP contribution >= 0.6 is 0 Å². The van der Waals surface area contributed by atoms with E-state index < -0.39 is 21.7 Å². The van der Waals surface area contributed by atoms with Crippen LogP contribution in [0.3, 0.4) is 0 Å². The number of benzene rings is 1. The third-order valence-corrected chi connectivity index (χ3v) is 6.25. The highest BCUT2D eigenvalue weighted by molar-refractivity contribution is 7.89. The van der Waals surface area contributed by atoms with Crippen LogP contribution < -0.4 is 5.32 Å². The van der Waals surface area contributed by atoms with Crippen LogP contribution in [0.4, 0.5) is 10.1 Å². The Kier molecular flexibility index (Phi) is 5.81. The first-order chi connectivity index (χ1) is 13.7. The minimum absolute atomic E-state index is 0.00682. The molecule has 3 rings (SSSR count). The fraction of sp³-hybridized carbons (Fsp3) is 0.200. The smallest absolute Gasteiger partial charge is 0.272 e. The largest absolute Gasteiger partial charge is 0.345 e. The normalized spacial score (nSPS) is 11.6. The maximum Gasteiger partial charge on any atom is 0.272 e. The molecule has 0 spiro atoms. The van der Waals surface area contributed by atoms with Gasteiger partial charge in [0.05, 0.1) is 0 Å². The molecule has 2 heterocycles. The third kappa shape index (κ3) is 4.52. The molecule has 0 fully saturated rings. The summed E-state index contributed by atoms with van der Waals surface area (Å²) < 4.78 is 41.7. The van der Waals surface area contributed by atoms with Crippen molar-refractivity contribution < 1.29 is 17.6 Å². The first-order valence-corrected chi connectivity index (χ1v) is 10.2. The van der Waals surface area contributed by atoms with E-state index in [0.29, 0.717) is 11.3 Å². The van der Waals surface area contributed by atoms with Gasteiger partial charge in [0.15, 0.2) is 0 Å². The molecule has 0 aliphatic heterocycles. The number of nitrogens with one attached hydrogen (secondary N) is 1. The summed E-state index contributed by atoms with van der Waals surface area (Å²) in [7, 11) is -0.745. The molecule has 1 aromatic carbocycles. The number of sulfonamides is 1. The van der Waals surface area contributed by atoms with Gasteiger partial charge in [-0.25, -0.2) is 12.8 Å². The van der Waals surface area contributed by atoms with Crippen molar-refractivity contribution in [2.45, 2.75) is 18.4 Å². The number of anilines is 1. The van der Waals surface area contributed by atoms with E-state index in [4.69, 9.17) is 0 Å². The average molecular weight is 416 g/mol. The Hall–Kier alpha value is -3.04. The Labute approximate surface area is 168 Å². The van der Waals surface area contributed by atoms with Crippen LogP contribution in [0.2, 0.25) is 0 Å². The van der Waals surface area contributed by atoms with Crippen molar-refractivity contribution in [3.05, 3.63) is 77.6 Å². The lowest BCUT2D eigenvalue weighted by Gasteiger charge is -2.16. The molecule has 0 saturated heterocycles. The van der Waals surface area contributed by atoms with Gasteiger partial charge in [-0.3, -0.25) is 9.78 Å². The molecule has 0 aliphatic rings. The van der Waals surface area contributed by atoms with Gasteiger partial charge in [0.25, 0.3) is 5.91 Å². The van der Waals surface area contributed by atoms with Crippen molar-refractivity contribution >= 4 is 21.6 Å². The topological polar surface area (TPSA) is 84.3 Å². The summed E-state index contributed by atoms with van der Waals surface area (Å²) in [5.41, 5.74) is 1.94. The van der Waals surface area contributed by atoms with E-state index in [0.717, 1.165) is 5.56 Å². The molecule has 3 aromatic rings. The number of aryl methyl sites for hydroxylation is 2. The SMILES string of the molecule is Cc1cc(F)ccc1NC(=O)c1cc(S(=O)(=O)N(C)Cc2cccnc2)cn1C. The first-order valence-electron chi connectivity index (χ1n) is 8.77. The van der Waals surface area contributed by atoms with Crippen LogP contribution in [-0.4, -0.2) is 35.2 Å². The standard InChI is InChI=1S/C20H21FN4O3S/c1-14-9-16(21)6-7-18(14)23-20(26)19-10-17(13-24(19)2)29(27,28)25(3)12-15-5-4-8-22-11-15/h4-11,13H,12H2,1-3H3,(H,23,26). The molecule has 0 bridgehead atoms. The second-order valence-corrected chi connectivity index (χ2v) is 8.75.